The average molecular weight is 194 g/mol. The van der Waals surface area contributed by atoms with Crippen LogP contribution in [0, 0.1) is 0 Å². The van der Waals surface area contributed by atoms with Gasteiger partial charge in [-0.1, -0.05) is 6.07 Å². The first-order chi connectivity index (χ1) is 6.72. The quantitative estimate of drug-likeness (QED) is 0.675. The summed E-state index contributed by atoms with van der Waals surface area (Å²) in [4.78, 5) is 11.2. The first kappa shape index (κ1) is 9.02. The number of ether oxygens (including phenoxy) is 2. The molecule has 14 heavy (non-hydrogen) atoms. The van der Waals surface area contributed by atoms with Crippen LogP contribution in [0.25, 0.3) is 0 Å². The highest BCUT2D eigenvalue weighted by atomic mass is 16.5. The van der Waals surface area contributed by atoms with Crippen LogP contribution in [0.2, 0.25) is 0 Å². The minimum atomic E-state index is -0.586. The number of hydrogen-bond donors (Lipinski definition) is 1. The smallest absolute Gasteiger partial charge is 0.337 e. The molecule has 1 aliphatic heterocycles. The van der Waals surface area contributed by atoms with E-state index in [2.05, 4.69) is 4.74 Å². The maximum absolute atomic E-state index is 11.2. The summed E-state index contributed by atoms with van der Waals surface area (Å²) in [5.74, 6) is 0.151. The monoisotopic (exact) mass is 194 g/mol. The zero-order chi connectivity index (χ0) is 10.1. The molecule has 0 saturated carbocycles. The van der Waals surface area contributed by atoms with Gasteiger partial charge in [0.25, 0.3) is 0 Å². The molecule has 0 amide bonds. The van der Waals surface area contributed by atoms with Gasteiger partial charge < -0.3 is 14.6 Å². The zero-order valence-corrected chi connectivity index (χ0v) is 7.69. The normalized spacial score (nSPS) is 18.6. The molecule has 0 radical (unpaired) electrons. The van der Waals surface area contributed by atoms with Crippen molar-refractivity contribution in [3.63, 3.8) is 0 Å². The topological polar surface area (TPSA) is 55.8 Å². The first-order valence-electron chi connectivity index (χ1n) is 4.25. The van der Waals surface area contributed by atoms with Gasteiger partial charge in [-0.25, -0.2) is 4.79 Å². The van der Waals surface area contributed by atoms with Gasteiger partial charge in [-0.3, -0.25) is 0 Å². The summed E-state index contributed by atoms with van der Waals surface area (Å²) in [6.45, 7) is 0.250. The number of hydrogen-bond acceptors (Lipinski definition) is 4. The molecule has 4 heteroatoms. The number of aliphatic hydroxyl groups is 1. The SMILES string of the molecule is COC(=O)c1ccc2c(c1)OCC2O. The Bertz CT molecular complexity index is 372. The van der Waals surface area contributed by atoms with Crippen molar-refractivity contribution in [2.75, 3.05) is 13.7 Å². The van der Waals surface area contributed by atoms with Gasteiger partial charge in [-0.2, -0.15) is 0 Å². The lowest BCUT2D eigenvalue weighted by atomic mass is 10.1. The van der Waals surface area contributed by atoms with E-state index in [1.54, 1.807) is 18.2 Å². The third kappa shape index (κ3) is 1.33. The molecular formula is C10H10O4. The van der Waals surface area contributed by atoms with Crippen LogP contribution in [0.1, 0.15) is 22.0 Å². The maximum Gasteiger partial charge on any atom is 0.337 e. The van der Waals surface area contributed by atoms with Crippen LogP contribution < -0.4 is 4.74 Å². The van der Waals surface area contributed by atoms with E-state index in [1.165, 1.54) is 7.11 Å². The highest BCUT2D eigenvalue weighted by Crippen LogP contribution is 2.32. The molecule has 4 nitrogen and oxygen atoms in total. The molecule has 0 aromatic heterocycles. The molecule has 0 spiro atoms. The number of carbonyl (C=O) groups is 1. The van der Waals surface area contributed by atoms with E-state index in [0.29, 0.717) is 11.3 Å². The maximum atomic E-state index is 11.2. The summed E-state index contributed by atoms with van der Waals surface area (Å²) in [6, 6.07) is 4.87. The van der Waals surface area contributed by atoms with E-state index in [-0.39, 0.29) is 6.61 Å². The minimum absolute atomic E-state index is 0.250. The third-order valence-electron chi connectivity index (χ3n) is 2.19. The summed E-state index contributed by atoms with van der Waals surface area (Å²) in [5, 5.41) is 9.43. The first-order valence-corrected chi connectivity index (χ1v) is 4.25. The summed E-state index contributed by atoms with van der Waals surface area (Å²) >= 11 is 0. The van der Waals surface area contributed by atoms with Gasteiger partial charge in [0.15, 0.2) is 0 Å². The molecule has 0 bridgehead atoms. The average Bonchev–Trinajstić information content (AvgIpc) is 2.59. The Balaban J connectivity index is 2.37. The van der Waals surface area contributed by atoms with Gasteiger partial charge >= 0.3 is 5.97 Å². The number of aliphatic hydroxyl groups excluding tert-OH is 1. The van der Waals surface area contributed by atoms with E-state index in [9.17, 15) is 9.90 Å². The summed E-state index contributed by atoms with van der Waals surface area (Å²) < 4.78 is 9.75. The molecule has 1 heterocycles. The van der Waals surface area contributed by atoms with E-state index in [0.717, 1.165) is 5.56 Å². The van der Waals surface area contributed by atoms with Crippen molar-refractivity contribution in [1.29, 1.82) is 0 Å². The third-order valence-corrected chi connectivity index (χ3v) is 2.19. The standard InChI is InChI=1S/C10H10O4/c1-13-10(12)6-2-3-7-8(11)5-14-9(7)4-6/h2-4,8,11H,5H2,1H3. The van der Waals surface area contributed by atoms with E-state index in [4.69, 9.17) is 4.74 Å². The summed E-state index contributed by atoms with van der Waals surface area (Å²) in [7, 11) is 1.32. The fourth-order valence-electron chi connectivity index (χ4n) is 1.44. The van der Waals surface area contributed by atoms with Crippen LogP contribution in [-0.2, 0) is 4.74 Å². The Morgan fingerprint density at radius 1 is 1.64 bits per heavy atom. The highest BCUT2D eigenvalue weighted by molar-refractivity contribution is 5.90. The second-order valence-corrected chi connectivity index (χ2v) is 3.07. The summed E-state index contributed by atoms with van der Waals surface area (Å²) in [6.07, 6.45) is -0.586. The number of fused-ring (bicyclic) bond motifs is 1. The molecule has 1 unspecified atom stereocenters. The molecule has 0 fully saturated rings. The molecule has 1 N–H and O–H groups in total. The van der Waals surface area contributed by atoms with Crippen molar-refractivity contribution >= 4 is 5.97 Å². The minimum Gasteiger partial charge on any atom is -0.490 e. The second kappa shape index (κ2) is 3.31. The van der Waals surface area contributed by atoms with Crippen molar-refractivity contribution in [3.8, 4) is 5.75 Å². The predicted octanol–water partition coefficient (Wildman–Crippen LogP) is 0.899. The van der Waals surface area contributed by atoms with Crippen LogP contribution in [-0.4, -0.2) is 24.8 Å². The van der Waals surface area contributed by atoms with Crippen LogP contribution in [0.3, 0.4) is 0 Å². The highest BCUT2D eigenvalue weighted by Gasteiger charge is 2.22. The molecule has 74 valence electrons. The van der Waals surface area contributed by atoms with Gasteiger partial charge in [0, 0.05) is 5.56 Å². The number of methoxy groups -OCH3 is 1. The Morgan fingerprint density at radius 2 is 2.43 bits per heavy atom. The van der Waals surface area contributed by atoms with Gasteiger partial charge in [-0.15, -0.1) is 0 Å². The number of carbonyl (C=O) groups excluding carboxylic acids is 1. The van der Waals surface area contributed by atoms with Gasteiger partial charge in [-0.05, 0) is 12.1 Å². The Kier molecular flexibility index (Phi) is 2.13. The Morgan fingerprint density at radius 3 is 3.14 bits per heavy atom. The number of benzene rings is 1. The lowest BCUT2D eigenvalue weighted by Gasteiger charge is -2.02. The Hall–Kier alpha value is -1.55. The van der Waals surface area contributed by atoms with Crippen LogP contribution in [0.4, 0.5) is 0 Å². The van der Waals surface area contributed by atoms with Gasteiger partial charge in [0.05, 0.1) is 12.7 Å². The molecule has 0 saturated heterocycles. The number of esters is 1. The van der Waals surface area contributed by atoms with Crippen molar-refractivity contribution in [2.45, 2.75) is 6.10 Å². The van der Waals surface area contributed by atoms with Crippen LogP contribution in [0.15, 0.2) is 18.2 Å². The van der Waals surface area contributed by atoms with E-state index < -0.39 is 12.1 Å². The van der Waals surface area contributed by atoms with Crippen LogP contribution >= 0.6 is 0 Å². The Labute approximate surface area is 81.1 Å². The van der Waals surface area contributed by atoms with Gasteiger partial charge in [0.1, 0.15) is 18.5 Å². The predicted molar refractivity (Wildman–Crippen MR) is 48.2 cm³/mol. The fraction of sp³-hybridized carbons (Fsp3) is 0.300. The van der Waals surface area contributed by atoms with Crippen molar-refractivity contribution in [1.82, 2.24) is 0 Å². The zero-order valence-electron chi connectivity index (χ0n) is 7.69. The van der Waals surface area contributed by atoms with Crippen LogP contribution in [0.5, 0.6) is 5.75 Å². The van der Waals surface area contributed by atoms with Gasteiger partial charge in [0.2, 0.25) is 0 Å². The van der Waals surface area contributed by atoms with Crippen molar-refractivity contribution in [2.24, 2.45) is 0 Å². The van der Waals surface area contributed by atoms with Crippen molar-refractivity contribution in [3.05, 3.63) is 29.3 Å². The van der Waals surface area contributed by atoms with E-state index >= 15 is 0 Å². The molecule has 1 aromatic carbocycles. The lowest BCUT2D eigenvalue weighted by Crippen LogP contribution is -2.01. The van der Waals surface area contributed by atoms with E-state index in [1.807, 2.05) is 0 Å². The second-order valence-electron chi connectivity index (χ2n) is 3.07. The molecule has 1 aromatic rings. The molecular weight excluding hydrogens is 184 g/mol. The number of rotatable bonds is 1. The fourth-order valence-corrected chi connectivity index (χ4v) is 1.44. The van der Waals surface area contributed by atoms with Crippen molar-refractivity contribution < 1.29 is 19.4 Å². The molecule has 1 atom stereocenters. The lowest BCUT2D eigenvalue weighted by molar-refractivity contribution is 0.0600. The largest absolute Gasteiger partial charge is 0.490 e. The summed E-state index contributed by atoms with van der Waals surface area (Å²) in [5.41, 5.74) is 1.15. The molecule has 1 aliphatic rings. The molecule has 2 rings (SSSR count). The molecule has 0 aliphatic carbocycles.